The number of aliphatic hydroxyl groups excluding tert-OH is 2. The first-order chi connectivity index (χ1) is 12.8. The van der Waals surface area contributed by atoms with Gasteiger partial charge in [0.25, 0.3) is 0 Å². The first kappa shape index (κ1) is 23.4. The van der Waals surface area contributed by atoms with E-state index in [-0.39, 0.29) is 18.8 Å². The number of hydrogen-bond donors (Lipinski definition) is 2. The third kappa shape index (κ3) is 8.81. The summed E-state index contributed by atoms with van der Waals surface area (Å²) in [7, 11) is 3.61. The Morgan fingerprint density at radius 3 is 2.08 bits per heavy atom. The van der Waals surface area contributed by atoms with Crippen molar-refractivity contribution in [1.82, 2.24) is 0 Å². The standard InChI is InChI=1S/C22H40O4/c1-25-21-18-22(26-2)20(15-11-7-5-9-13-17-24)19(21)14-10-6-3-4-8-12-16-23/h7,10-11,14,19-24H,3-6,8-9,12-13,15-18H2,1-2H3/t19-,20?,21-,22+/m0/s1. The molecule has 152 valence electrons. The maximum atomic E-state index is 8.84. The summed E-state index contributed by atoms with van der Waals surface area (Å²) >= 11 is 0. The van der Waals surface area contributed by atoms with E-state index in [1.54, 1.807) is 7.11 Å². The van der Waals surface area contributed by atoms with Crippen LogP contribution in [0, 0.1) is 11.8 Å². The van der Waals surface area contributed by atoms with Crippen molar-refractivity contribution in [3.8, 4) is 0 Å². The zero-order chi connectivity index (χ0) is 19.0. The van der Waals surface area contributed by atoms with E-state index in [1.165, 1.54) is 12.8 Å². The number of ether oxygens (including phenoxy) is 2. The summed E-state index contributed by atoms with van der Waals surface area (Å²) in [5, 5.41) is 17.7. The normalized spacial score (nSPS) is 26.5. The summed E-state index contributed by atoms with van der Waals surface area (Å²) in [6.07, 6.45) is 20.1. The van der Waals surface area contributed by atoms with E-state index in [0.29, 0.717) is 18.4 Å². The third-order valence-corrected chi connectivity index (χ3v) is 5.46. The van der Waals surface area contributed by atoms with E-state index in [4.69, 9.17) is 19.7 Å². The topological polar surface area (TPSA) is 58.9 Å². The highest BCUT2D eigenvalue weighted by molar-refractivity contribution is 5.05. The molecule has 1 rings (SSSR count). The van der Waals surface area contributed by atoms with E-state index in [0.717, 1.165) is 51.4 Å². The first-order valence-corrected chi connectivity index (χ1v) is 10.4. The van der Waals surface area contributed by atoms with Crippen LogP contribution < -0.4 is 0 Å². The van der Waals surface area contributed by atoms with Gasteiger partial charge in [-0.1, -0.05) is 37.1 Å². The Balaban J connectivity index is 2.50. The molecule has 1 unspecified atom stereocenters. The molecule has 0 bridgehead atoms. The molecule has 0 radical (unpaired) electrons. The lowest BCUT2D eigenvalue weighted by molar-refractivity contribution is 0.0565. The van der Waals surface area contributed by atoms with Crippen LogP contribution in [-0.4, -0.2) is 49.9 Å². The fourth-order valence-corrected chi connectivity index (χ4v) is 3.91. The number of methoxy groups -OCH3 is 2. The van der Waals surface area contributed by atoms with Crippen LogP contribution in [0.15, 0.2) is 24.3 Å². The quantitative estimate of drug-likeness (QED) is 0.335. The number of unbranched alkanes of at least 4 members (excludes halogenated alkanes) is 6. The molecule has 0 amide bonds. The van der Waals surface area contributed by atoms with Gasteiger partial charge in [0, 0.05) is 39.8 Å². The maximum absolute atomic E-state index is 8.84. The Labute approximate surface area is 160 Å². The van der Waals surface area contributed by atoms with Gasteiger partial charge in [0.2, 0.25) is 0 Å². The van der Waals surface area contributed by atoms with Gasteiger partial charge in [-0.15, -0.1) is 0 Å². The van der Waals surface area contributed by atoms with E-state index in [9.17, 15) is 0 Å². The highest BCUT2D eigenvalue weighted by Gasteiger charge is 2.41. The van der Waals surface area contributed by atoms with E-state index in [1.807, 2.05) is 7.11 Å². The van der Waals surface area contributed by atoms with Gasteiger partial charge < -0.3 is 19.7 Å². The Hall–Kier alpha value is -0.680. The summed E-state index contributed by atoms with van der Waals surface area (Å²) < 4.78 is 11.5. The van der Waals surface area contributed by atoms with Gasteiger partial charge in [-0.2, -0.15) is 0 Å². The second kappa shape index (κ2) is 15.4. The third-order valence-electron chi connectivity index (χ3n) is 5.46. The average molecular weight is 369 g/mol. The number of allylic oxidation sites excluding steroid dienone is 3. The zero-order valence-corrected chi connectivity index (χ0v) is 16.8. The molecular formula is C22H40O4. The molecule has 0 spiro atoms. The first-order valence-electron chi connectivity index (χ1n) is 10.4. The molecule has 2 N–H and O–H groups in total. The molecule has 0 aromatic heterocycles. The fraction of sp³-hybridized carbons (Fsp3) is 0.818. The van der Waals surface area contributed by atoms with Gasteiger partial charge in [0.05, 0.1) is 12.2 Å². The van der Waals surface area contributed by atoms with E-state index < -0.39 is 0 Å². The van der Waals surface area contributed by atoms with Gasteiger partial charge in [0.1, 0.15) is 0 Å². The van der Waals surface area contributed by atoms with Crippen LogP contribution in [0.4, 0.5) is 0 Å². The molecule has 4 heteroatoms. The van der Waals surface area contributed by atoms with Crippen molar-refractivity contribution in [1.29, 1.82) is 0 Å². The number of hydrogen-bond acceptors (Lipinski definition) is 4. The van der Waals surface area contributed by atoms with Crippen molar-refractivity contribution in [3.63, 3.8) is 0 Å². The highest BCUT2D eigenvalue weighted by atomic mass is 16.5. The Morgan fingerprint density at radius 1 is 0.769 bits per heavy atom. The van der Waals surface area contributed by atoms with Crippen molar-refractivity contribution in [2.45, 2.75) is 76.4 Å². The minimum absolute atomic E-state index is 0.235. The summed E-state index contributed by atoms with van der Waals surface area (Å²) in [6.45, 7) is 0.589. The largest absolute Gasteiger partial charge is 0.396 e. The second-order valence-corrected chi connectivity index (χ2v) is 7.31. The fourth-order valence-electron chi connectivity index (χ4n) is 3.91. The second-order valence-electron chi connectivity index (χ2n) is 7.31. The van der Waals surface area contributed by atoms with Crippen molar-refractivity contribution in [2.75, 3.05) is 27.4 Å². The SMILES string of the molecule is CO[C@H]1C[C@@H](OC)C(CC=CCCCCO)[C@@H]1C=CCCCCCCO. The van der Waals surface area contributed by atoms with Crippen LogP contribution in [0.5, 0.6) is 0 Å². The number of rotatable bonds is 15. The van der Waals surface area contributed by atoms with Crippen molar-refractivity contribution in [3.05, 3.63) is 24.3 Å². The maximum Gasteiger partial charge on any atom is 0.0662 e. The predicted octanol–water partition coefficient (Wildman–Crippen LogP) is 4.26. The summed E-state index contributed by atoms with van der Waals surface area (Å²) in [4.78, 5) is 0. The summed E-state index contributed by atoms with van der Waals surface area (Å²) in [6, 6.07) is 0. The lowest BCUT2D eigenvalue weighted by atomic mass is 9.89. The molecule has 26 heavy (non-hydrogen) atoms. The molecule has 1 aliphatic rings. The molecular weight excluding hydrogens is 328 g/mol. The van der Waals surface area contributed by atoms with Crippen LogP contribution in [0.2, 0.25) is 0 Å². The molecule has 1 fully saturated rings. The lowest BCUT2D eigenvalue weighted by Gasteiger charge is -2.22. The molecule has 0 heterocycles. The lowest BCUT2D eigenvalue weighted by Crippen LogP contribution is -2.22. The van der Waals surface area contributed by atoms with Crippen molar-refractivity contribution < 1.29 is 19.7 Å². The highest BCUT2D eigenvalue weighted by Crippen LogP contribution is 2.39. The monoisotopic (exact) mass is 368 g/mol. The van der Waals surface area contributed by atoms with Gasteiger partial charge in [-0.3, -0.25) is 0 Å². The Morgan fingerprint density at radius 2 is 1.38 bits per heavy atom. The van der Waals surface area contributed by atoms with Gasteiger partial charge in [0.15, 0.2) is 0 Å². The molecule has 0 aromatic carbocycles. The van der Waals surface area contributed by atoms with E-state index in [2.05, 4.69) is 24.3 Å². The van der Waals surface area contributed by atoms with Gasteiger partial charge in [-0.05, 0) is 50.9 Å². The molecule has 1 saturated carbocycles. The van der Waals surface area contributed by atoms with Gasteiger partial charge in [-0.25, -0.2) is 0 Å². The molecule has 0 aliphatic heterocycles. The molecule has 0 saturated heterocycles. The van der Waals surface area contributed by atoms with Crippen LogP contribution >= 0.6 is 0 Å². The van der Waals surface area contributed by atoms with Crippen molar-refractivity contribution >= 4 is 0 Å². The predicted molar refractivity (Wildman–Crippen MR) is 107 cm³/mol. The molecule has 4 nitrogen and oxygen atoms in total. The smallest absolute Gasteiger partial charge is 0.0662 e. The minimum Gasteiger partial charge on any atom is -0.396 e. The van der Waals surface area contributed by atoms with Crippen molar-refractivity contribution in [2.24, 2.45) is 11.8 Å². The average Bonchev–Trinajstić information content (AvgIpc) is 3.00. The number of aliphatic hydroxyl groups is 2. The molecule has 0 aromatic rings. The van der Waals surface area contributed by atoms with Crippen LogP contribution in [-0.2, 0) is 9.47 Å². The Kier molecular flexibility index (Phi) is 13.8. The zero-order valence-electron chi connectivity index (χ0n) is 16.8. The summed E-state index contributed by atoms with van der Waals surface area (Å²) in [5.41, 5.74) is 0. The molecule has 1 aliphatic carbocycles. The van der Waals surface area contributed by atoms with Crippen LogP contribution in [0.25, 0.3) is 0 Å². The minimum atomic E-state index is 0.235. The van der Waals surface area contributed by atoms with E-state index >= 15 is 0 Å². The van der Waals surface area contributed by atoms with Gasteiger partial charge >= 0.3 is 0 Å². The van der Waals surface area contributed by atoms with Crippen LogP contribution in [0.1, 0.15) is 64.2 Å². The van der Waals surface area contributed by atoms with Crippen LogP contribution in [0.3, 0.4) is 0 Å². The summed E-state index contributed by atoms with van der Waals surface area (Å²) in [5.74, 6) is 0.870. The molecule has 4 atom stereocenters. The Bertz CT molecular complexity index is 380.